The molecule has 0 aromatic carbocycles. The summed E-state index contributed by atoms with van der Waals surface area (Å²) in [5, 5.41) is 6.68. The molecule has 19 heavy (non-hydrogen) atoms. The van der Waals surface area contributed by atoms with Gasteiger partial charge in [0.2, 0.25) is 0 Å². The Labute approximate surface area is 112 Å². The lowest BCUT2D eigenvalue weighted by atomic mass is 10.00. The molecule has 1 aromatic rings. The molecule has 3 heterocycles. The Morgan fingerprint density at radius 2 is 2.32 bits per heavy atom. The maximum atomic E-state index is 12.2. The van der Waals surface area contributed by atoms with Crippen LogP contribution >= 0.6 is 11.3 Å². The molecule has 3 rings (SSSR count). The first-order valence-electron chi connectivity index (χ1n) is 5.64. The van der Waals surface area contributed by atoms with E-state index < -0.39 is 11.6 Å². The number of nitrogens with one attached hydrogen (secondary N) is 2. The third-order valence-electron chi connectivity index (χ3n) is 3.31. The highest BCUT2D eigenvalue weighted by atomic mass is 32.1. The maximum absolute atomic E-state index is 12.2. The van der Waals surface area contributed by atoms with Crippen molar-refractivity contribution in [1.82, 2.24) is 20.5 Å². The van der Waals surface area contributed by atoms with Crippen LogP contribution in [0.15, 0.2) is 5.38 Å². The molecule has 0 saturated carbocycles. The van der Waals surface area contributed by atoms with E-state index in [2.05, 4.69) is 15.6 Å². The molecule has 9 heteroatoms. The van der Waals surface area contributed by atoms with Crippen LogP contribution in [0.25, 0.3) is 0 Å². The first-order valence-corrected chi connectivity index (χ1v) is 6.52. The molecule has 0 radical (unpaired) electrons. The standard InChI is InChI=1S/C10H11N5O3S/c11-8-12-5(3-19-8)6(16)15-2-1-10(4-15)7(17)13-9(18)14-10/h3H,1-2,4H2,(H2,11,12)(H2,13,14,17,18). The molecule has 0 bridgehead atoms. The molecule has 2 aliphatic heterocycles. The van der Waals surface area contributed by atoms with Crippen molar-refractivity contribution >= 4 is 34.3 Å². The van der Waals surface area contributed by atoms with Crippen LogP contribution in [0.2, 0.25) is 0 Å². The second-order valence-corrected chi connectivity index (χ2v) is 5.43. The number of rotatable bonds is 1. The van der Waals surface area contributed by atoms with Gasteiger partial charge < -0.3 is 16.0 Å². The van der Waals surface area contributed by atoms with Gasteiger partial charge in [0.25, 0.3) is 11.8 Å². The fraction of sp³-hybridized carbons (Fsp3) is 0.400. The summed E-state index contributed by atoms with van der Waals surface area (Å²) >= 11 is 1.19. The lowest BCUT2D eigenvalue weighted by molar-refractivity contribution is -0.123. The molecular weight excluding hydrogens is 270 g/mol. The van der Waals surface area contributed by atoms with Crippen LogP contribution in [0, 0.1) is 0 Å². The Bertz CT molecular complexity index is 585. The smallest absolute Gasteiger partial charge is 0.322 e. The summed E-state index contributed by atoms with van der Waals surface area (Å²) < 4.78 is 0. The van der Waals surface area contributed by atoms with Gasteiger partial charge in [-0.3, -0.25) is 14.9 Å². The summed E-state index contributed by atoms with van der Waals surface area (Å²) in [6.45, 7) is 0.546. The third kappa shape index (κ3) is 1.82. The van der Waals surface area contributed by atoms with Gasteiger partial charge in [-0.25, -0.2) is 9.78 Å². The number of nitrogens with zero attached hydrogens (tertiary/aromatic N) is 2. The lowest BCUT2D eigenvalue weighted by Crippen LogP contribution is -2.49. The van der Waals surface area contributed by atoms with Crippen molar-refractivity contribution in [1.29, 1.82) is 0 Å². The van der Waals surface area contributed by atoms with Crippen molar-refractivity contribution in [2.75, 3.05) is 18.8 Å². The summed E-state index contributed by atoms with van der Waals surface area (Å²) in [6.07, 6.45) is 0.399. The van der Waals surface area contributed by atoms with Crippen LogP contribution in [0.4, 0.5) is 9.93 Å². The highest BCUT2D eigenvalue weighted by Crippen LogP contribution is 2.26. The summed E-state index contributed by atoms with van der Waals surface area (Å²) in [5.41, 5.74) is 4.76. The predicted octanol–water partition coefficient (Wildman–Crippen LogP) is -0.851. The fourth-order valence-corrected chi connectivity index (χ4v) is 2.88. The number of carbonyl (C=O) groups is 3. The van der Waals surface area contributed by atoms with E-state index in [9.17, 15) is 14.4 Å². The van der Waals surface area contributed by atoms with Gasteiger partial charge in [0, 0.05) is 11.9 Å². The monoisotopic (exact) mass is 281 g/mol. The van der Waals surface area contributed by atoms with Gasteiger partial charge >= 0.3 is 6.03 Å². The van der Waals surface area contributed by atoms with Crippen molar-refractivity contribution in [2.45, 2.75) is 12.0 Å². The summed E-state index contributed by atoms with van der Waals surface area (Å²) in [6, 6.07) is -0.516. The molecule has 2 saturated heterocycles. The second-order valence-electron chi connectivity index (χ2n) is 4.54. The molecular formula is C10H11N5O3S. The number of anilines is 1. The zero-order valence-corrected chi connectivity index (χ0v) is 10.6. The number of likely N-dealkylation sites (tertiary alicyclic amines) is 1. The minimum atomic E-state index is -0.992. The molecule has 8 nitrogen and oxygen atoms in total. The van der Waals surface area contributed by atoms with Crippen LogP contribution in [0.5, 0.6) is 0 Å². The first kappa shape index (κ1) is 11.9. The van der Waals surface area contributed by atoms with Crippen LogP contribution in [0.1, 0.15) is 16.9 Å². The predicted molar refractivity (Wildman–Crippen MR) is 66.5 cm³/mol. The van der Waals surface area contributed by atoms with Crippen LogP contribution in [-0.4, -0.2) is 46.4 Å². The number of amides is 4. The van der Waals surface area contributed by atoms with Crippen LogP contribution < -0.4 is 16.4 Å². The number of imide groups is 1. The number of aromatic nitrogens is 1. The largest absolute Gasteiger partial charge is 0.375 e. The van der Waals surface area contributed by atoms with Crippen LogP contribution in [0.3, 0.4) is 0 Å². The van der Waals surface area contributed by atoms with E-state index in [0.29, 0.717) is 18.1 Å². The van der Waals surface area contributed by atoms with Gasteiger partial charge in [-0.2, -0.15) is 0 Å². The summed E-state index contributed by atoms with van der Waals surface area (Å²) in [5.74, 6) is -0.663. The second kappa shape index (κ2) is 3.92. The van der Waals surface area contributed by atoms with E-state index >= 15 is 0 Å². The van der Waals surface area contributed by atoms with Crippen molar-refractivity contribution in [2.24, 2.45) is 0 Å². The van der Waals surface area contributed by atoms with E-state index in [1.54, 1.807) is 5.38 Å². The maximum Gasteiger partial charge on any atom is 0.322 e. The van der Waals surface area contributed by atoms with Gasteiger partial charge in [0.15, 0.2) is 5.13 Å². The molecule has 2 fully saturated rings. The van der Waals surface area contributed by atoms with Crippen molar-refractivity contribution < 1.29 is 14.4 Å². The molecule has 0 aliphatic carbocycles. The minimum absolute atomic E-state index is 0.154. The number of urea groups is 1. The fourth-order valence-electron chi connectivity index (χ4n) is 2.35. The summed E-state index contributed by atoms with van der Waals surface area (Å²) in [7, 11) is 0. The van der Waals surface area contributed by atoms with Crippen LogP contribution in [-0.2, 0) is 4.79 Å². The Hall–Kier alpha value is -2.16. The van der Waals surface area contributed by atoms with Gasteiger partial charge in [-0.05, 0) is 6.42 Å². The Kier molecular flexibility index (Phi) is 2.45. The molecule has 1 atom stereocenters. The number of carbonyl (C=O) groups excluding carboxylic acids is 3. The Balaban J connectivity index is 1.78. The van der Waals surface area contributed by atoms with Gasteiger partial charge in [0.1, 0.15) is 11.2 Å². The van der Waals surface area contributed by atoms with E-state index in [4.69, 9.17) is 5.73 Å². The average molecular weight is 281 g/mol. The van der Waals surface area contributed by atoms with E-state index in [1.165, 1.54) is 16.2 Å². The molecule has 4 N–H and O–H groups in total. The van der Waals surface area contributed by atoms with Crippen molar-refractivity contribution in [3.05, 3.63) is 11.1 Å². The normalized spacial score (nSPS) is 25.8. The number of thiazole rings is 1. The number of nitrogens with two attached hydrogens (primary N) is 1. The van der Waals surface area contributed by atoms with Gasteiger partial charge in [-0.15, -0.1) is 11.3 Å². The van der Waals surface area contributed by atoms with E-state index in [1.807, 2.05) is 0 Å². The lowest BCUT2D eigenvalue weighted by Gasteiger charge is -2.20. The zero-order valence-electron chi connectivity index (χ0n) is 9.80. The van der Waals surface area contributed by atoms with E-state index in [-0.39, 0.29) is 24.1 Å². The molecule has 100 valence electrons. The number of nitrogen functional groups attached to an aromatic ring is 1. The average Bonchev–Trinajstić information content (AvgIpc) is 3.01. The zero-order chi connectivity index (χ0) is 13.6. The number of hydrogen-bond donors (Lipinski definition) is 3. The minimum Gasteiger partial charge on any atom is -0.375 e. The molecule has 4 amide bonds. The highest BCUT2D eigenvalue weighted by molar-refractivity contribution is 7.13. The highest BCUT2D eigenvalue weighted by Gasteiger charge is 2.51. The van der Waals surface area contributed by atoms with Crippen molar-refractivity contribution in [3.8, 4) is 0 Å². The Morgan fingerprint density at radius 1 is 1.53 bits per heavy atom. The topological polar surface area (TPSA) is 117 Å². The van der Waals surface area contributed by atoms with Crippen molar-refractivity contribution in [3.63, 3.8) is 0 Å². The third-order valence-corrected chi connectivity index (χ3v) is 3.99. The molecule has 1 unspecified atom stereocenters. The first-order chi connectivity index (χ1) is 9.00. The summed E-state index contributed by atoms with van der Waals surface area (Å²) in [4.78, 5) is 40.5. The SMILES string of the molecule is Nc1nc(C(=O)N2CCC3(C2)NC(=O)NC3=O)cs1. The Morgan fingerprint density at radius 3 is 2.89 bits per heavy atom. The molecule has 1 aromatic heterocycles. The number of hydrogen-bond acceptors (Lipinski definition) is 6. The molecule has 2 aliphatic rings. The van der Waals surface area contributed by atoms with E-state index in [0.717, 1.165) is 0 Å². The quantitative estimate of drug-likeness (QED) is 0.580. The van der Waals surface area contributed by atoms with Gasteiger partial charge in [0.05, 0.1) is 6.54 Å². The molecule has 1 spiro atoms. The van der Waals surface area contributed by atoms with Gasteiger partial charge in [-0.1, -0.05) is 0 Å².